The van der Waals surface area contributed by atoms with Gasteiger partial charge in [-0.2, -0.15) is 0 Å². The lowest BCUT2D eigenvalue weighted by Crippen LogP contribution is -2.28. The van der Waals surface area contributed by atoms with Crippen LogP contribution in [0.1, 0.15) is 34.1 Å². The molecule has 0 aliphatic heterocycles. The molecule has 0 aliphatic rings. The van der Waals surface area contributed by atoms with E-state index in [1.165, 1.54) is 12.1 Å². The van der Waals surface area contributed by atoms with Crippen molar-refractivity contribution < 1.29 is 9.18 Å². The van der Waals surface area contributed by atoms with Crippen molar-refractivity contribution in [3.63, 3.8) is 0 Å². The molecule has 1 amide bonds. The van der Waals surface area contributed by atoms with Gasteiger partial charge in [0.25, 0.3) is 0 Å². The van der Waals surface area contributed by atoms with E-state index >= 15 is 0 Å². The molecule has 20 heavy (non-hydrogen) atoms. The van der Waals surface area contributed by atoms with E-state index in [0.717, 1.165) is 15.6 Å². The lowest BCUT2D eigenvalue weighted by Gasteiger charge is -2.13. The van der Waals surface area contributed by atoms with Crippen LogP contribution in [0.15, 0.2) is 24.3 Å². The van der Waals surface area contributed by atoms with Gasteiger partial charge in [0.2, 0.25) is 5.91 Å². The molecule has 0 radical (unpaired) electrons. The summed E-state index contributed by atoms with van der Waals surface area (Å²) in [7, 11) is 0. The van der Waals surface area contributed by atoms with E-state index in [2.05, 4.69) is 10.3 Å². The normalized spacial score (nSPS) is 12.2. The molecule has 0 spiro atoms. The van der Waals surface area contributed by atoms with Gasteiger partial charge in [-0.25, -0.2) is 9.37 Å². The number of carbonyl (C=O) groups excluding carboxylic acids is 1. The van der Waals surface area contributed by atoms with Gasteiger partial charge in [0.15, 0.2) is 0 Å². The molecule has 0 saturated carbocycles. The van der Waals surface area contributed by atoms with Crippen LogP contribution in [-0.2, 0) is 11.2 Å². The zero-order valence-corrected chi connectivity index (χ0v) is 12.6. The fourth-order valence-corrected chi connectivity index (χ4v) is 3.07. The topological polar surface area (TPSA) is 42.0 Å². The van der Waals surface area contributed by atoms with Crippen molar-refractivity contribution in [2.45, 2.75) is 33.2 Å². The number of benzene rings is 1. The van der Waals surface area contributed by atoms with Crippen LogP contribution in [0.2, 0.25) is 0 Å². The molecule has 1 aromatic heterocycles. The summed E-state index contributed by atoms with van der Waals surface area (Å²) in [4.78, 5) is 17.4. The van der Waals surface area contributed by atoms with E-state index in [9.17, 15) is 9.18 Å². The predicted octanol–water partition coefficient (Wildman–Crippen LogP) is 3.32. The van der Waals surface area contributed by atoms with Crippen molar-refractivity contribution in [1.82, 2.24) is 10.3 Å². The van der Waals surface area contributed by atoms with Gasteiger partial charge in [0, 0.05) is 4.88 Å². The second kappa shape index (κ2) is 6.13. The maximum atomic E-state index is 13.1. The summed E-state index contributed by atoms with van der Waals surface area (Å²) >= 11 is 1.59. The van der Waals surface area contributed by atoms with Crippen LogP contribution in [0.4, 0.5) is 4.39 Å². The van der Waals surface area contributed by atoms with E-state index in [4.69, 9.17) is 0 Å². The molecule has 3 nitrogen and oxygen atoms in total. The summed E-state index contributed by atoms with van der Waals surface area (Å²) in [5, 5.41) is 3.92. The number of halogens is 1. The van der Waals surface area contributed by atoms with Gasteiger partial charge in [-0.3, -0.25) is 4.79 Å². The summed E-state index contributed by atoms with van der Waals surface area (Å²) in [6, 6.07) is 6.02. The second-order valence-corrected chi connectivity index (χ2v) is 6.01. The lowest BCUT2D eigenvalue weighted by molar-refractivity contribution is -0.121. The van der Waals surface area contributed by atoms with E-state index in [1.807, 2.05) is 20.8 Å². The highest BCUT2D eigenvalue weighted by molar-refractivity contribution is 7.11. The number of amides is 1. The molecule has 0 saturated heterocycles. The van der Waals surface area contributed by atoms with Gasteiger partial charge >= 0.3 is 0 Å². The molecule has 2 rings (SSSR count). The average Bonchev–Trinajstić information content (AvgIpc) is 2.68. The molecular formula is C15H17FN2OS. The second-order valence-electron chi connectivity index (χ2n) is 4.78. The maximum absolute atomic E-state index is 13.1. The smallest absolute Gasteiger partial charge is 0.224 e. The molecule has 0 aliphatic carbocycles. The minimum atomic E-state index is -0.322. The fourth-order valence-electron chi connectivity index (χ4n) is 2.14. The Morgan fingerprint density at radius 2 is 2.20 bits per heavy atom. The van der Waals surface area contributed by atoms with Crippen LogP contribution in [0.25, 0.3) is 0 Å². The summed E-state index contributed by atoms with van der Waals surface area (Å²) in [6.45, 7) is 5.82. The van der Waals surface area contributed by atoms with Crippen LogP contribution in [0.5, 0.6) is 0 Å². The van der Waals surface area contributed by atoms with Crippen molar-refractivity contribution in [2.75, 3.05) is 0 Å². The highest BCUT2D eigenvalue weighted by Crippen LogP contribution is 2.24. The highest BCUT2D eigenvalue weighted by Gasteiger charge is 2.15. The highest BCUT2D eigenvalue weighted by atomic mass is 32.1. The Kier molecular flexibility index (Phi) is 4.49. The van der Waals surface area contributed by atoms with Crippen molar-refractivity contribution in [3.8, 4) is 0 Å². The molecule has 0 fully saturated rings. The first kappa shape index (κ1) is 14.7. The molecule has 0 unspecified atom stereocenters. The summed E-state index contributed by atoms with van der Waals surface area (Å²) in [5.41, 5.74) is 1.62. The summed E-state index contributed by atoms with van der Waals surface area (Å²) < 4.78 is 13.1. The van der Waals surface area contributed by atoms with Crippen LogP contribution in [-0.4, -0.2) is 10.9 Å². The van der Waals surface area contributed by atoms with Gasteiger partial charge in [-0.05, 0) is 38.5 Å². The first-order chi connectivity index (χ1) is 9.45. The van der Waals surface area contributed by atoms with Gasteiger partial charge in [-0.1, -0.05) is 12.1 Å². The Hall–Kier alpha value is -1.75. The Morgan fingerprint density at radius 1 is 1.45 bits per heavy atom. The number of hydrogen-bond donors (Lipinski definition) is 1. The molecule has 2 aromatic rings. The van der Waals surface area contributed by atoms with E-state index in [1.54, 1.807) is 23.5 Å². The standard InChI is InChI=1S/C15H17FN2OS/c1-9-15(20-11(3)17-9)10(2)18-14(19)8-12-5-4-6-13(16)7-12/h4-7,10H,8H2,1-3H3,(H,18,19)/t10-/m0/s1. The van der Waals surface area contributed by atoms with E-state index < -0.39 is 0 Å². The molecule has 106 valence electrons. The number of rotatable bonds is 4. The van der Waals surface area contributed by atoms with Gasteiger partial charge in [-0.15, -0.1) is 11.3 Å². The average molecular weight is 292 g/mol. The molecule has 0 bridgehead atoms. The zero-order chi connectivity index (χ0) is 14.7. The first-order valence-corrected chi connectivity index (χ1v) is 7.25. The Morgan fingerprint density at radius 3 is 2.80 bits per heavy atom. The number of hydrogen-bond acceptors (Lipinski definition) is 3. The van der Waals surface area contributed by atoms with Gasteiger partial charge < -0.3 is 5.32 Å². The van der Waals surface area contributed by atoms with Crippen molar-refractivity contribution in [3.05, 3.63) is 51.2 Å². The Labute approximate surface area is 121 Å². The van der Waals surface area contributed by atoms with Crippen LogP contribution < -0.4 is 5.32 Å². The number of nitrogens with zero attached hydrogens (tertiary/aromatic N) is 1. The summed E-state index contributed by atoms with van der Waals surface area (Å²) in [6.07, 6.45) is 0.179. The first-order valence-electron chi connectivity index (χ1n) is 6.43. The van der Waals surface area contributed by atoms with Crippen molar-refractivity contribution in [1.29, 1.82) is 0 Å². The molecular weight excluding hydrogens is 275 g/mol. The van der Waals surface area contributed by atoms with Crippen LogP contribution in [0.3, 0.4) is 0 Å². The molecule has 1 heterocycles. The largest absolute Gasteiger partial charge is 0.348 e. The van der Waals surface area contributed by atoms with Gasteiger partial charge in [0.05, 0.1) is 23.2 Å². The van der Waals surface area contributed by atoms with Crippen molar-refractivity contribution in [2.24, 2.45) is 0 Å². The third kappa shape index (κ3) is 3.63. The quantitative estimate of drug-likeness (QED) is 0.939. The van der Waals surface area contributed by atoms with Crippen LogP contribution in [0, 0.1) is 19.7 Å². The third-order valence-electron chi connectivity index (χ3n) is 2.96. The Balaban J connectivity index is 1.99. The summed E-state index contributed by atoms with van der Waals surface area (Å²) in [5.74, 6) is -0.439. The lowest BCUT2D eigenvalue weighted by atomic mass is 10.1. The number of nitrogens with one attached hydrogen (secondary N) is 1. The minimum Gasteiger partial charge on any atom is -0.348 e. The molecule has 1 aromatic carbocycles. The third-order valence-corrected chi connectivity index (χ3v) is 4.22. The molecule has 1 N–H and O–H groups in total. The number of thiazole rings is 1. The fraction of sp³-hybridized carbons (Fsp3) is 0.333. The number of aromatic nitrogens is 1. The van der Waals surface area contributed by atoms with E-state index in [0.29, 0.717) is 5.56 Å². The molecule has 5 heteroatoms. The molecule has 1 atom stereocenters. The van der Waals surface area contributed by atoms with Crippen LogP contribution >= 0.6 is 11.3 Å². The van der Waals surface area contributed by atoms with Crippen molar-refractivity contribution >= 4 is 17.2 Å². The number of aryl methyl sites for hydroxylation is 2. The Bertz CT molecular complexity index is 624. The predicted molar refractivity (Wildman–Crippen MR) is 78.2 cm³/mol. The number of carbonyl (C=O) groups is 1. The zero-order valence-electron chi connectivity index (χ0n) is 11.7. The monoisotopic (exact) mass is 292 g/mol. The van der Waals surface area contributed by atoms with E-state index in [-0.39, 0.29) is 24.2 Å². The van der Waals surface area contributed by atoms with Gasteiger partial charge in [0.1, 0.15) is 5.82 Å². The SMILES string of the molecule is Cc1nc(C)c([C@H](C)NC(=O)Cc2cccc(F)c2)s1. The minimum absolute atomic E-state index is 0.0812. The maximum Gasteiger partial charge on any atom is 0.224 e.